The average Bonchev–Trinajstić information content (AvgIpc) is 2.44. The summed E-state index contributed by atoms with van der Waals surface area (Å²) in [6.07, 6.45) is 9.56. The van der Waals surface area contributed by atoms with Crippen LogP contribution in [0, 0.1) is 0 Å². The zero-order valence-corrected chi connectivity index (χ0v) is 13.4. The van der Waals surface area contributed by atoms with Crippen LogP contribution in [0.15, 0.2) is 25.0 Å². The van der Waals surface area contributed by atoms with Crippen LogP contribution in [0.5, 0.6) is 0 Å². The average molecular weight is 314 g/mol. The molecule has 0 unspecified atom stereocenters. The van der Waals surface area contributed by atoms with Gasteiger partial charge in [0.1, 0.15) is 0 Å². The molecule has 126 valence electrons. The van der Waals surface area contributed by atoms with E-state index in [0.717, 1.165) is 37.7 Å². The van der Waals surface area contributed by atoms with Crippen molar-refractivity contribution in [1.29, 1.82) is 0 Å². The molecule has 0 aliphatic rings. The first kappa shape index (κ1) is 22.2. The summed E-state index contributed by atoms with van der Waals surface area (Å²) in [6, 6.07) is 0. The van der Waals surface area contributed by atoms with E-state index >= 15 is 0 Å². The van der Waals surface area contributed by atoms with Crippen molar-refractivity contribution in [2.75, 3.05) is 6.61 Å². The fourth-order valence-electron chi connectivity index (χ4n) is 1.36. The molecule has 0 rings (SSSR count). The first-order valence-electron chi connectivity index (χ1n) is 7.29. The van der Waals surface area contributed by atoms with Crippen LogP contribution in [-0.4, -0.2) is 29.6 Å². The lowest BCUT2D eigenvalue weighted by molar-refractivity contribution is -0.139. The molecule has 0 saturated carbocycles. The first-order chi connectivity index (χ1) is 10.4. The highest BCUT2D eigenvalue weighted by atomic mass is 16.5. The van der Waals surface area contributed by atoms with E-state index in [0.29, 0.717) is 6.61 Å². The minimum absolute atomic E-state index is 0.329. The Morgan fingerprint density at radius 3 is 2.09 bits per heavy atom. The highest BCUT2D eigenvalue weighted by molar-refractivity contribution is 5.90. The van der Waals surface area contributed by atoms with Gasteiger partial charge in [-0.25, -0.2) is 9.59 Å². The van der Waals surface area contributed by atoms with Gasteiger partial charge in [0.15, 0.2) is 0 Å². The molecule has 22 heavy (non-hydrogen) atoms. The van der Waals surface area contributed by atoms with Crippen molar-refractivity contribution < 1.29 is 29.0 Å². The normalized spacial score (nSPS) is 9.55. The van der Waals surface area contributed by atoms with Gasteiger partial charge in [-0.1, -0.05) is 45.6 Å². The molecule has 0 heterocycles. The number of esters is 2. The maximum absolute atomic E-state index is 10.9. The second-order valence-corrected chi connectivity index (χ2v) is 4.38. The minimum Gasteiger partial charge on any atom is -0.478 e. The third-order valence-electron chi connectivity index (χ3n) is 2.35. The van der Waals surface area contributed by atoms with Crippen LogP contribution < -0.4 is 0 Å². The third-order valence-corrected chi connectivity index (χ3v) is 2.35. The van der Waals surface area contributed by atoms with Crippen molar-refractivity contribution in [3.63, 3.8) is 0 Å². The lowest BCUT2D eigenvalue weighted by Gasteiger charge is -2.01. The number of aliphatic carboxylic acids is 1. The number of carboxylic acid groups (broad SMARTS) is 1. The van der Waals surface area contributed by atoms with Gasteiger partial charge in [-0.15, -0.1) is 0 Å². The molecule has 0 aromatic rings. The lowest BCUT2D eigenvalue weighted by atomic mass is 10.1. The molecule has 0 aromatic heterocycles. The van der Waals surface area contributed by atoms with E-state index in [-0.39, 0.29) is 5.97 Å². The molecule has 0 spiro atoms. The molecule has 0 saturated heterocycles. The maximum atomic E-state index is 10.9. The van der Waals surface area contributed by atoms with Gasteiger partial charge in [0.2, 0.25) is 0 Å². The van der Waals surface area contributed by atoms with Crippen molar-refractivity contribution in [2.45, 2.75) is 52.4 Å². The van der Waals surface area contributed by atoms with Gasteiger partial charge < -0.3 is 14.6 Å². The highest BCUT2D eigenvalue weighted by Crippen LogP contribution is 2.04. The Balaban J connectivity index is 0. The van der Waals surface area contributed by atoms with Gasteiger partial charge >= 0.3 is 17.9 Å². The van der Waals surface area contributed by atoms with Gasteiger partial charge in [0, 0.05) is 19.1 Å². The van der Waals surface area contributed by atoms with E-state index < -0.39 is 11.9 Å². The Hall–Kier alpha value is -2.11. The van der Waals surface area contributed by atoms with Crippen molar-refractivity contribution in [3.8, 4) is 0 Å². The number of carbonyl (C=O) groups excluding carboxylic acids is 2. The summed E-state index contributed by atoms with van der Waals surface area (Å²) in [7, 11) is 0. The lowest BCUT2D eigenvalue weighted by Crippen LogP contribution is -2.03. The number of unbranched alkanes of at least 4 members (excludes halogenated alkanes) is 5. The molecule has 6 nitrogen and oxygen atoms in total. The quantitative estimate of drug-likeness (QED) is 0.288. The van der Waals surface area contributed by atoms with E-state index in [1.807, 2.05) is 0 Å². The monoisotopic (exact) mass is 314 g/mol. The summed E-state index contributed by atoms with van der Waals surface area (Å²) in [4.78, 5) is 30.7. The van der Waals surface area contributed by atoms with Crippen LogP contribution in [0.1, 0.15) is 52.4 Å². The number of carbonyl (C=O) groups is 3. The first-order valence-corrected chi connectivity index (χ1v) is 7.29. The number of rotatable bonds is 10. The predicted molar refractivity (Wildman–Crippen MR) is 83.1 cm³/mol. The van der Waals surface area contributed by atoms with Crippen LogP contribution in [0.25, 0.3) is 0 Å². The number of carboxylic acids is 1. The summed E-state index contributed by atoms with van der Waals surface area (Å²) in [5.41, 5.74) is 0. The van der Waals surface area contributed by atoms with Crippen molar-refractivity contribution in [3.05, 3.63) is 25.0 Å². The molecule has 1 N–H and O–H groups in total. The Labute approximate surface area is 131 Å². The molecule has 0 aromatic carbocycles. The van der Waals surface area contributed by atoms with Crippen LogP contribution >= 0.6 is 0 Å². The molecule has 0 amide bonds. The third kappa shape index (κ3) is 23.0. The molecule has 0 radical (unpaired) electrons. The standard InChI is InChI=1S/C12H20O4.C4H6O2/c1-2-3-4-5-6-7-10-16-12(15)9-8-11(13)14;1-3-6-4(2)5/h8-9H,2-7,10H2,1H3,(H,13,14);3H,1H2,2H3/b9-8-;. The van der Waals surface area contributed by atoms with E-state index in [1.54, 1.807) is 0 Å². The van der Waals surface area contributed by atoms with E-state index in [4.69, 9.17) is 9.84 Å². The van der Waals surface area contributed by atoms with Crippen LogP contribution in [-0.2, 0) is 23.9 Å². The molecule has 0 fully saturated rings. The van der Waals surface area contributed by atoms with Crippen LogP contribution in [0.2, 0.25) is 0 Å². The summed E-state index contributed by atoms with van der Waals surface area (Å²) >= 11 is 0. The van der Waals surface area contributed by atoms with Gasteiger partial charge in [-0.05, 0) is 6.42 Å². The summed E-state index contributed by atoms with van der Waals surface area (Å²) in [5, 5.41) is 8.26. The minimum atomic E-state index is -1.14. The van der Waals surface area contributed by atoms with Gasteiger partial charge in [-0.3, -0.25) is 4.79 Å². The molecule has 6 heteroatoms. The van der Waals surface area contributed by atoms with Crippen molar-refractivity contribution in [2.24, 2.45) is 0 Å². The summed E-state index contributed by atoms with van der Waals surface area (Å²) in [6.45, 7) is 7.01. The summed E-state index contributed by atoms with van der Waals surface area (Å²) < 4.78 is 8.98. The van der Waals surface area contributed by atoms with Crippen LogP contribution in [0.4, 0.5) is 0 Å². The Morgan fingerprint density at radius 2 is 1.64 bits per heavy atom. The SMILES string of the molecule is C=COC(C)=O.CCCCCCCCOC(=O)/C=C\C(=O)O. The Kier molecular flexibility index (Phi) is 17.1. The van der Waals surface area contributed by atoms with E-state index in [2.05, 4.69) is 18.2 Å². The largest absolute Gasteiger partial charge is 0.478 e. The summed E-state index contributed by atoms with van der Waals surface area (Å²) in [5.74, 6) is -2.06. The second-order valence-electron chi connectivity index (χ2n) is 4.38. The van der Waals surface area contributed by atoms with Gasteiger partial charge in [-0.2, -0.15) is 0 Å². The fourth-order valence-corrected chi connectivity index (χ4v) is 1.36. The fraction of sp³-hybridized carbons (Fsp3) is 0.562. The Morgan fingerprint density at radius 1 is 1.05 bits per heavy atom. The van der Waals surface area contributed by atoms with Crippen LogP contribution in [0.3, 0.4) is 0 Å². The highest BCUT2D eigenvalue weighted by Gasteiger charge is 1.98. The zero-order valence-electron chi connectivity index (χ0n) is 13.4. The smallest absolute Gasteiger partial charge is 0.331 e. The second kappa shape index (κ2) is 16.9. The number of hydrogen-bond acceptors (Lipinski definition) is 5. The number of ether oxygens (including phenoxy) is 2. The van der Waals surface area contributed by atoms with E-state index in [9.17, 15) is 14.4 Å². The molecule has 0 aliphatic heterocycles. The zero-order chi connectivity index (χ0) is 17.2. The number of hydrogen-bond donors (Lipinski definition) is 1. The topological polar surface area (TPSA) is 89.9 Å². The molecular weight excluding hydrogens is 288 g/mol. The van der Waals surface area contributed by atoms with Gasteiger partial charge in [0.05, 0.1) is 12.9 Å². The maximum Gasteiger partial charge on any atom is 0.331 e. The molecule has 0 bridgehead atoms. The molecule has 0 atom stereocenters. The predicted octanol–water partition coefficient (Wildman–Crippen LogP) is 3.22. The Bertz CT molecular complexity index is 360. The van der Waals surface area contributed by atoms with Gasteiger partial charge in [0.25, 0.3) is 0 Å². The van der Waals surface area contributed by atoms with Crippen molar-refractivity contribution in [1.82, 2.24) is 0 Å². The van der Waals surface area contributed by atoms with Crippen molar-refractivity contribution >= 4 is 17.9 Å². The molecule has 0 aliphatic carbocycles. The van der Waals surface area contributed by atoms with E-state index in [1.165, 1.54) is 26.2 Å². The molecular formula is C16H26O6.